The second-order valence-corrected chi connectivity index (χ2v) is 8.61. The number of hydrogen-bond donors (Lipinski definition) is 1. The highest BCUT2D eigenvalue weighted by Gasteiger charge is 2.19. The third kappa shape index (κ3) is 3.26. The van der Waals surface area contributed by atoms with E-state index >= 15 is 0 Å². The molecule has 3 aromatic heterocycles. The topological polar surface area (TPSA) is 64.0 Å². The van der Waals surface area contributed by atoms with E-state index < -0.39 is 0 Å². The number of fused-ring (bicyclic) bond motifs is 1. The molecule has 4 rings (SSSR count). The lowest BCUT2D eigenvalue weighted by molar-refractivity contribution is -0.122. The molecule has 1 amide bonds. The van der Waals surface area contributed by atoms with Crippen LogP contribution in [0.3, 0.4) is 0 Å². The maximum atomic E-state index is 12.9. The van der Waals surface area contributed by atoms with Gasteiger partial charge in [-0.05, 0) is 31.9 Å². The number of nitrogens with zero attached hydrogens (tertiary/aromatic N) is 2. The molecule has 1 aliphatic carbocycles. The third-order valence-corrected chi connectivity index (χ3v) is 6.52. The van der Waals surface area contributed by atoms with E-state index in [1.54, 1.807) is 11.3 Å². The minimum atomic E-state index is -0.145. The lowest BCUT2D eigenvalue weighted by atomic mass is 10.2. The maximum absolute atomic E-state index is 12.9. The number of nitrogens with one attached hydrogen (secondary N) is 1. The summed E-state index contributed by atoms with van der Waals surface area (Å²) in [6.07, 6.45) is 5.88. The number of aryl methyl sites for hydroxylation is 1. The Labute approximate surface area is 153 Å². The van der Waals surface area contributed by atoms with Crippen molar-refractivity contribution < 1.29 is 4.79 Å². The molecule has 0 saturated heterocycles. The number of hydrogen-bond acceptors (Lipinski definition) is 5. The molecular formula is C18H19N3O2S2. The Morgan fingerprint density at radius 3 is 2.88 bits per heavy atom. The summed E-state index contributed by atoms with van der Waals surface area (Å²) in [4.78, 5) is 32.6. The molecule has 0 radical (unpaired) electrons. The third-order valence-electron chi connectivity index (χ3n) is 4.60. The first kappa shape index (κ1) is 16.5. The molecule has 1 fully saturated rings. The minimum absolute atomic E-state index is 0.0248. The molecule has 130 valence electrons. The van der Waals surface area contributed by atoms with Gasteiger partial charge in [-0.25, -0.2) is 4.98 Å². The number of thiophene rings is 2. The zero-order valence-electron chi connectivity index (χ0n) is 13.9. The Bertz CT molecular complexity index is 980. The Kier molecular flexibility index (Phi) is 4.43. The summed E-state index contributed by atoms with van der Waals surface area (Å²) in [5, 5.41) is 5.62. The van der Waals surface area contributed by atoms with Crippen molar-refractivity contribution in [2.45, 2.75) is 45.2 Å². The van der Waals surface area contributed by atoms with Crippen molar-refractivity contribution >= 4 is 38.8 Å². The molecule has 5 nitrogen and oxygen atoms in total. The van der Waals surface area contributed by atoms with Gasteiger partial charge >= 0.3 is 0 Å². The monoisotopic (exact) mass is 373 g/mol. The Morgan fingerprint density at radius 2 is 2.16 bits per heavy atom. The van der Waals surface area contributed by atoms with Gasteiger partial charge in [0.15, 0.2) is 0 Å². The lowest BCUT2D eigenvalue weighted by Gasteiger charge is -2.12. The van der Waals surface area contributed by atoms with Crippen molar-refractivity contribution in [1.82, 2.24) is 14.9 Å². The van der Waals surface area contributed by atoms with Gasteiger partial charge in [0.25, 0.3) is 5.56 Å². The van der Waals surface area contributed by atoms with Crippen LogP contribution in [0.2, 0.25) is 0 Å². The average Bonchev–Trinajstić information content (AvgIpc) is 3.30. The number of carbonyl (C=O) groups is 1. The van der Waals surface area contributed by atoms with Crippen molar-refractivity contribution in [3.05, 3.63) is 39.1 Å². The molecule has 0 aromatic carbocycles. The SMILES string of the molecule is Cc1ccc(-c2csc3ncn(CC(=O)NC4CCCC4)c(=O)c23)s1. The van der Waals surface area contributed by atoms with Crippen LogP contribution in [0, 0.1) is 6.92 Å². The molecule has 3 heterocycles. The quantitative estimate of drug-likeness (QED) is 0.761. The summed E-state index contributed by atoms with van der Waals surface area (Å²) in [5.41, 5.74) is 0.773. The van der Waals surface area contributed by atoms with Gasteiger partial charge in [0.05, 0.1) is 11.7 Å². The van der Waals surface area contributed by atoms with Gasteiger partial charge in [-0.2, -0.15) is 0 Å². The Morgan fingerprint density at radius 1 is 1.36 bits per heavy atom. The highest BCUT2D eigenvalue weighted by Crippen LogP contribution is 2.34. The predicted octanol–water partition coefficient (Wildman–Crippen LogP) is 3.55. The van der Waals surface area contributed by atoms with E-state index in [1.807, 2.05) is 24.4 Å². The fraction of sp³-hybridized carbons (Fsp3) is 0.389. The van der Waals surface area contributed by atoms with Crippen LogP contribution in [-0.4, -0.2) is 21.5 Å². The summed E-state index contributed by atoms with van der Waals surface area (Å²) in [5.74, 6) is -0.112. The average molecular weight is 374 g/mol. The van der Waals surface area contributed by atoms with Crippen LogP contribution in [0.1, 0.15) is 30.6 Å². The molecule has 0 aliphatic heterocycles. The van der Waals surface area contributed by atoms with Gasteiger partial charge in [-0.15, -0.1) is 22.7 Å². The van der Waals surface area contributed by atoms with Crippen LogP contribution in [0.25, 0.3) is 20.7 Å². The number of aromatic nitrogens is 2. The normalized spacial score (nSPS) is 15.1. The molecule has 3 aromatic rings. The number of rotatable bonds is 4. The van der Waals surface area contributed by atoms with Gasteiger partial charge in [-0.3, -0.25) is 14.2 Å². The molecule has 0 spiro atoms. The summed E-state index contributed by atoms with van der Waals surface area (Å²) in [6, 6.07) is 4.34. The van der Waals surface area contributed by atoms with Gasteiger partial charge in [0.2, 0.25) is 5.91 Å². The van der Waals surface area contributed by atoms with E-state index in [0.29, 0.717) is 5.39 Å². The predicted molar refractivity (Wildman–Crippen MR) is 102 cm³/mol. The smallest absolute Gasteiger partial charge is 0.263 e. The molecule has 0 unspecified atom stereocenters. The largest absolute Gasteiger partial charge is 0.352 e. The highest BCUT2D eigenvalue weighted by atomic mass is 32.1. The van der Waals surface area contributed by atoms with Crippen molar-refractivity contribution in [2.24, 2.45) is 0 Å². The van der Waals surface area contributed by atoms with E-state index in [-0.39, 0.29) is 24.1 Å². The zero-order chi connectivity index (χ0) is 17.4. The molecule has 7 heteroatoms. The van der Waals surface area contributed by atoms with Crippen LogP contribution in [-0.2, 0) is 11.3 Å². The summed E-state index contributed by atoms with van der Waals surface area (Å²) < 4.78 is 1.42. The highest BCUT2D eigenvalue weighted by molar-refractivity contribution is 7.19. The van der Waals surface area contributed by atoms with Crippen molar-refractivity contribution in [3.8, 4) is 10.4 Å². The molecular weight excluding hydrogens is 354 g/mol. The van der Waals surface area contributed by atoms with E-state index in [9.17, 15) is 9.59 Å². The van der Waals surface area contributed by atoms with Crippen LogP contribution in [0.5, 0.6) is 0 Å². The van der Waals surface area contributed by atoms with Gasteiger partial charge < -0.3 is 5.32 Å². The van der Waals surface area contributed by atoms with Crippen LogP contribution >= 0.6 is 22.7 Å². The van der Waals surface area contributed by atoms with Crippen LogP contribution in [0.4, 0.5) is 0 Å². The van der Waals surface area contributed by atoms with E-state index in [1.165, 1.54) is 27.1 Å². The second-order valence-electron chi connectivity index (χ2n) is 6.47. The van der Waals surface area contributed by atoms with Gasteiger partial charge in [0, 0.05) is 26.7 Å². The zero-order valence-corrected chi connectivity index (χ0v) is 15.6. The van der Waals surface area contributed by atoms with E-state index in [0.717, 1.165) is 41.0 Å². The summed E-state index contributed by atoms with van der Waals surface area (Å²) >= 11 is 3.13. The molecule has 1 aliphatic rings. The minimum Gasteiger partial charge on any atom is -0.352 e. The van der Waals surface area contributed by atoms with Crippen molar-refractivity contribution in [2.75, 3.05) is 0 Å². The first-order chi connectivity index (χ1) is 12.1. The molecule has 0 bridgehead atoms. The van der Waals surface area contributed by atoms with Gasteiger partial charge in [0.1, 0.15) is 11.4 Å². The lowest BCUT2D eigenvalue weighted by Crippen LogP contribution is -2.37. The molecule has 0 atom stereocenters. The number of amides is 1. The first-order valence-corrected chi connectivity index (χ1v) is 10.1. The number of carbonyl (C=O) groups excluding carboxylic acids is 1. The van der Waals surface area contributed by atoms with Crippen LogP contribution in [0.15, 0.2) is 28.6 Å². The van der Waals surface area contributed by atoms with Crippen molar-refractivity contribution in [1.29, 1.82) is 0 Å². The molecule has 1 N–H and O–H groups in total. The maximum Gasteiger partial charge on any atom is 0.263 e. The standard InChI is InChI=1S/C18H19N3O2S2/c1-11-6-7-14(25-11)13-9-24-17-16(13)18(23)21(10-19-17)8-15(22)20-12-4-2-3-5-12/h6-7,9-10,12H,2-5,8H2,1H3,(H,20,22). The van der Waals surface area contributed by atoms with E-state index in [4.69, 9.17) is 0 Å². The van der Waals surface area contributed by atoms with Crippen LogP contribution < -0.4 is 10.9 Å². The summed E-state index contributed by atoms with van der Waals surface area (Å²) in [7, 11) is 0. The molecule has 1 saturated carbocycles. The Hall–Kier alpha value is -1.99. The summed E-state index contributed by atoms with van der Waals surface area (Å²) in [6.45, 7) is 2.07. The van der Waals surface area contributed by atoms with E-state index in [2.05, 4.69) is 10.3 Å². The fourth-order valence-corrected chi connectivity index (χ4v) is 5.20. The van der Waals surface area contributed by atoms with Crippen molar-refractivity contribution in [3.63, 3.8) is 0 Å². The first-order valence-electron chi connectivity index (χ1n) is 8.44. The van der Waals surface area contributed by atoms with Gasteiger partial charge in [-0.1, -0.05) is 12.8 Å². The second kappa shape index (κ2) is 6.72. The molecule has 25 heavy (non-hydrogen) atoms. The Balaban J connectivity index is 1.65. The fourth-order valence-electron chi connectivity index (χ4n) is 3.34.